The standard InChI is InChI=1S/C3H3N2O.2O.V/c6-5-2-1-4-3-5;;;/h1-3H;;;/q-1;;;+1. The molecule has 1 aromatic rings. The summed E-state index contributed by atoms with van der Waals surface area (Å²) in [5, 5.41) is 0. The third-order valence-corrected chi connectivity index (χ3v) is 1.14. The molecule has 48 valence electrons. The first kappa shape index (κ1) is 6.32. The maximum absolute atomic E-state index is 9.91. The first-order chi connectivity index (χ1) is 4.29. The minimum atomic E-state index is -3.50. The first-order valence-corrected chi connectivity index (χ1v) is 3.81. The van der Waals surface area contributed by atoms with Gasteiger partial charge in [0.15, 0.2) is 0 Å². The molecule has 0 saturated heterocycles. The van der Waals surface area contributed by atoms with E-state index in [4.69, 9.17) is 0 Å². The molecule has 0 spiro atoms. The maximum atomic E-state index is 9.91. The predicted molar refractivity (Wildman–Crippen MR) is 20.2 cm³/mol. The van der Waals surface area contributed by atoms with Gasteiger partial charge in [-0.15, -0.1) is 0 Å². The molecule has 9 heavy (non-hydrogen) atoms. The summed E-state index contributed by atoms with van der Waals surface area (Å²) < 4.78 is 25.1. The summed E-state index contributed by atoms with van der Waals surface area (Å²) in [4.78, 5) is 3.56. The van der Waals surface area contributed by atoms with Gasteiger partial charge in [0.2, 0.25) is 0 Å². The van der Waals surface area contributed by atoms with Gasteiger partial charge in [0.1, 0.15) is 0 Å². The van der Waals surface area contributed by atoms with Gasteiger partial charge in [0.25, 0.3) is 0 Å². The number of nitrogens with zero attached hydrogens (tertiary/aromatic N) is 2. The fourth-order valence-corrected chi connectivity index (χ4v) is 0.763. The summed E-state index contributed by atoms with van der Waals surface area (Å²) in [6.45, 7) is 0. The molecule has 0 fully saturated rings. The van der Waals surface area contributed by atoms with Crippen LogP contribution in [-0.4, -0.2) is 9.71 Å². The topological polar surface area (TPSA) is 61.2 Å². The van der Waals surface area contributed by atoms with Gasteiger partial charge in [-0.1, -0.05) is 0 Å². The molecule has 1 heterocycles. The van der Waals surface area contributed by atoms with E-state index in [1.165, 1.54) is 18.7 Å². The molecule has 0 N–H and O–H groups in total. The van der Waals surface area contributed by atoms with Crippen LogP contribution in [0.2, 0.25) is 0 Å². The molecule has 0 aliphatic carbocycles. The van der Waals surface area contributed by atoms with Crippen LogP contribution in [0.15, 0.2) is 18.7 Å². The zero-order valence-electron chi connectivity index (χ0n) is 4.30. The van der Waals surface area contributed by atoms with Crippen molar-refractivity contribution in [2.24, 2.45) is 0 Å². The Labute approximate surface area is 55.6 Å². The van der Waals surface area contributed by atoms with Crippen LogP contribution in [0.25, 0.3) is 0 Å². The summed E-state index contributed by atoms with van der Waals surface area (Å²) >= 11 is -3.50. The van der Waals surface area contributed by atoms with Crippen LogP contribution in [0.5, 0.6) is 0 Å². The molecule has 6 heteroatoms. The number of imidazole rings is 1. The van der Waals surface area contributed by atoms with Crippen molar-refractivity contribution >= 4 is 0 Å². The van der Waals surface area contributed by atoms with Crippen LogP contribution in [0.1, 0.15) is 0 Å². The zero-order valence-corrected chi connectivity index (χ0v) is 5.70. The molecule has 0 unspecified atom stereocenters. The monoisotopic (exact) mass is 166 g/mol. The first-order valence-electron chi connectivity index (χ1n) is 2.10. The summed E-state index contributed by atoms with van der Waals surface area (Å²) in [6.07, 6.45) is 4.09. The second-order valence-electron chi connectivity index (χ2n) is 1.23. The Bertz CT molecular complexity index is 232. The molecule has 0 aromatic carbocycles. The van der Waals surface area contributed by atoms with Crippen LogP contribution in [0.4, 0.5) is 0 Å². The predicted octanol–water partition coefficient (Wildman–Crippen LogP) is -0.464. The van der Waals surface area contributed by atoms with Gasteiger partial charge in [-0.2, -0.15) is 0 Å². The van der Waals surface area contributed by atoms with Crippen molar-refractivity contribution in [2.75, 3.05) is 0 Å². The molecule has 1 aromatic heterocycles. The Morgan fingerprint density at radius 1 is 1.56 bits per heavy atom. The second kappa shape index (κ2) is 2.66. The van der Waals surface area contributed by atoms with Crippen LogP contribution >= 0.6 is 0 Å². The third-order valence-electron chi connectivity index (χ3n) is 0.641. The van der Waals surface area contributed by atoms with Crippen molar-refractivity contribution in [2.45, 2.75) is 0 Å². The van der Waals surface area contributed by atoms with Crippen molar-refractivity contribution in [1.29, 1.82) is 0 Å². The minimum absolute atomic E-state index is 1.03. The van der Waals surface area contributed by atoms with Crippen molar-refractivity contribution in [3.8, 4) is 0 Å². The Hall–Kier alpha value is -0.806. The van der Waals surface area contributed by atoms with Gasteiger partial charge >= 0.3 is 54.9 Å². The Morgan fingerprint density at radius 3 is 2.78 bits per heavy atom. The quantitative estimate of drug-likeness (QED) is 0.596. The summed E-state index contributed by atoms with van der Waals surface area (Å²) in [6, 6.07) is 0. The van der Waals surface area contributed by atoms with Gasteiger partial charge in [0.05, 0.1) is 0 Å². The van der Waals surface area contributed by atoms with E-state index in [0.717, 1.165) is 4.73 Å². The third kappa shape index (κ3) is 1.87. The Balaban J connectivity index is 2.68. The molecule has 0 amide bonds. The van der Waals surface area contributed by atoms with Gasteiger partial charge in [-0.25, -0.2) is 0 Å². The molecule has 1 rings (SSSR count). The number of hydrogen-bond donors (Lipinski definition) is 0. The summed E-state index contributed by atoms with van der Waals surface area (Å²) in [5.41, 5.74) is 0. The second-order valence-corrected chi connectivity index (χ2v) is 2.18. The van der Waals surface area contributed by atoms with E-state index >= 15 is 0 Å². The van der Waals surface area contributed by atoms with Gasteiger partial charge in [0, 0.05) is 0 Å². The van der Waals surface area contributed by atoms with Gasteiger partial charge in [-0.3, -0.25) is 0 Å². The zero-order chi connectivity index (χ0) is 6.69. The number of rotatable bonds is 2. The van der Waals surface area contributed by atoms with Crippen LogP contribution in [-0.2, 0) is 22.7 Å². The molecule has 0 atom stereocenters. The van der Waals surface area contributed by atoms with E-state index in [1.807, 2.05) is 0 Å². The number of aromatic nitrogens is 2. The average molecular weight is 166 g/mol. The van der Waals surface area contributed by atoms with Gasteiger partial charge < -0.3 is 0 Å². The normalized spacial score (nSPS) is 8.89. The van der Waals surface area contributed by atoms with E-state index in [9.17, 15) is 7.35 Å². The van der Waals surface area contributed by atoms with Crippen molar-refractivity contribution < 1.29 is 26.5 Å². The Morgan fingerprint density at radius 2 is 2.33 bits per heavy atom. The molecule has 0 aliphatic rings. The molecule has 0 aliphatic heterocycles. The van der Waals surface area contributed by atoms with E-state index in [1.54, 1.807) is 0 Å². The molecule has 0 radical (unpaired) electrons. The molecular weight excluding hydrogens is 163 g/mol. The number of hydrogen-bond acceptors (Lipinski definition) is 4. The molecular formula is C3H3N2O3V. The van der Waals surface area contributed by atoms with E-state index in [-0.39, 0.29) is 0 Å². The van der Waals surface area contributed by atoms with Gasteiger partial charge in [-0.05, 0) is 0 Å². The average Bonchev–Trinajstić information content (AvgIpc) is 2.15. The molecule has 0 bridgehead atoms. The van der Waals surface area contributed by atoms with E-state index in [2.05, 4.69) is 8.75 Å². The SMILES string of the molecule is [O]=[V](=[O])[O]n1ccnc1. The van der Waals surface area contributed by atoms with Crippen LogP contribution in [0, 0.1) is 0 Å². The fraction of sp³-hybridized carbons (Fsp3) is 0. The van der Waals surface area contributed by atoms with Crippen molar-refractivity contribution in [1.82, 2.24) is 9.71 Å². The summed E-state index contributed by atoms with van der Waals surface area (Å²) in [5.74, 6) is 0. The fourth-order valence-electron chi connectivity index (χ4n) is 0.372. The van der Waals surface area contributed by atoms with Crippen molar-refractivity contribution in [3.05, 3.63) is 18.7 Å². The van der Waals surface area contributed by atoms with Crippen molar-refractivity contribution in [3.63, 3.8) is 0 Å². The van der Waals surface area contributed by atoms with Crippen LogP contribution < -0.4 is 3.76 Å². The van der Waals surface area contributed by atoms with E-state index < -0.39 is 15.4 Å². The summed E-state index contributed by atoms with van der Waals surface area (Å²) in [7, 11) is 0. The molecule has 5 nitrogen and oxygen atoms in total. The Kier molecular flexibility index (Phi) is 1.86. The van der Waals surface area contributed by atoms with Crippen LogP contribution in [0.3, 0.4) is 0 Å². The molecule has 0 saturated carbocycles. The van der Waals surface area contributed by atoms with E-state index in [0.29, 0.717) is 0 Å².